The third kappa shape index (κ3) is 3.91. The van der Waals surface area contributed by atoms with Gasteiger partial charge in [-0.2, -0.15) is 0 Å². The Morgan fingerprint density at radius 1 is 1.24 bits per heavy atom. The molecule has 0 aliphatic carbocycles. The summed E-state index contributed by atoms with van der Waals surface area (Å²) in [5, 5.41) is 7.47. The van der Waals surface area contributed by atoms with Crippen LogP contribution in [0.3, 0.4) is 0 Å². The number of halogens is 1. The lowest BCUT2D eigenvalue weighted by Crippen LogP contribution is -2.39. The average molecular weight is 308 g/mol. The zero-order chi connectivity index (χ0) is 15.6. The highest BCUT2D eigenvalue weighted by Crippen LogP contribution is 2.29. The maximum absolute atomic E-state index is 11.6. The van der Waals surface area contributed by atoms with Crippen molar-refractivity contribution in [3.8, 4) is 0 Å². The molecule has 0 spiro atoms. The summed E-state index contributed by atoms with van der Waals surface area (Å²) < 4.78 is 0. The molecule has 1 aromatic carbocycles. The smallest absolute Gasteiger partial charge is 0.315 e. The number of urea groups is 1. The normalized spacial score (nSPS) is 11.4. The van der Waals surface area contributed by atoms with Crippen LogP contribution >= 0.6 is 11.6 Å². The molecule has 3 N–H and O–H groups in total. The van der Waals surface area contributed by atoms with Crippen molar-refractivity contribution >= 4 is 28.5 Å². The number of rotatable bonds is 4. The van der Waals surface area contributed by atoms with Crippen molar-refractivity contribution < 1.29 is 4.79 Å². The van der Waals surface area contributed by atoms with Gasteiger partial charge in [0, 0.05) is 27.7 Å². The predicted molar refractivity (Wildman–Crippen MR) is 87.9 cm³/mol. The topological polar surface area (TPSA) is 56.9 Å². The van der Waals surface area contributed by atoms with E-state index >= 15 is 0 Å². The second kappa shape index (κ2) is 6.39. The molecular weight excluding hydrogens is 286 g/mol. The number of fused-ring (bicyclic) bond motifs is 1. The first-order chi connectivity index (χ1) is 9.86. The van der Waals surface area contributed by atoms with Gasteiger partial charge in [0.05, 0.1) is 6.54 Å². The van der Waals surface area contributed by atoms with Crippen LogP contribution in [0.25, 0.3) is 10.9 Å². The van der Waals surface area contributed by atoms with E-state index in [-0.39, 0.29) is 12.1 Å². The number of aromatic amines is 1. The molecule has 0 saturated carbocycles. The number of hydrogen-bond donors (Lipinski definition) is 3. The molecule has 0 unspecified atom stereocenters. The SMILES string of the molecule is CC(C)NC(=O)NCc1cc2cc(Cl)c(C(C)C)cc2[nH]1. The van der Waals surface area contributed by atoms with Crippen LogP contribution in [-0.2, 0) is 6.54 Å². The van der Waals surface area contributed by atoms with E-state index in [4.69, 9.17) is 11.6 Å². The molecule has 5 heteroatoms. The number of hydrogen-bond acceptors (Lipinski definition) is 1. The number of aromatic nitrogens is 1. The van der Waals surface area contributed by atoms with Crippen LogP contribution in [0, 0.1) is 0 Å². The maximum atomic E-state index is 11.6. The van der Waals surface area contributed by atoms with Gasteiger partial charge in [0.25, 0.3) is 0 Å². The Bertz CT molecular complexity index is 646. The lowest BCUT2D eigenvalue weighted by atomic mass is 10.0. The molecule has 1 aromatic heterocycles. The molecular formula is C16H22ClN3O. The summed E-state index contributed by atoms with van der Waals surface area (Å²) in [7, 11) is 0. The van der Waals surface area contributed by atoms with Crippen LogP contribution in [0.15, 0.2) is 18.2 Å². The molecule has 21 heavy (non-hydrogen) atoms. The highest BCUT2D eigenvalue weighted by molar-refractivity contribution is 6.32. The summed E-state index contributed by atoms with van der Waals surface area (Å²) in [6.45, 7) is 8.56. The van der Waals surface area contributed by atoms with Crippen molar-refractivity contribution in [2.75, 3.05) is 0 Å². The Hall–Kier alpha value is -1.68. The number of carbonyl (C=O) groups is 1. The Labute approximate surface area is 130 Å². The summed E-state index contributed by atoms with van der Waals surface area (Å²) in [5.41, 5.74) is 3.13. The van der Waals surface area contributed by atoms with Crippen LogP contribution in [0.5, 0.6) is 0 Å². The fraction of sp³-hybridized carbons (Fsp3) is 0.438. The van der Waals surface area contributed by atoms with Gasteiger partial charge in [0.15, 0.2) is 0 Å². The molecule has 2 amide bonds. The van der Waals surface area contributed by atoms with E-state index in [1.165, 1.54) is 0 Å². The lowest BCUT2D eigenvalue weighted by Gasteiger charge is -2.09. The molecule has 0 aliphatic heterocycles. The quantitative estimate of drug-likeness (QED) is 0.780. The molecule has 114 valence electrons. The zero-order valence-electron chi connectivity index (χ0n) is 12.9. The highest BCUT2D eigenvalue weighted by atomic mass is 35.5. The zero-order valence-corrected chi connectivity index (χ0v) is 13.6. The van der Waals surface area contributed by atoms with Crippen molar-refractivity contribution in [3.63, 3.8) is 0 Å². The molecule has 2 rings (SSSR count). The van der Waals surface area contributed by atoms with Crippen LogP contribution in [0.2, 0.25) is 5.02 Å². The number of nitrogens with one attached hydrogen (secondary N) is 3. The second-order valence-corrected chi connectivity index (χ2v) is 6.30. The van der Waals surface area contributed by atoms with Crippen molar-refractivity contribution in [1.82, 2.24) is 15.6 Å². The lowest BCUT2D eigenvalue weighted by molar-refractivity contribution is 0.238. The highest BCUT2D eigenvalue weighted by Gasteiger charge is 2.10. The molecule has 0 atom stereocenters. The predicted octanol–water partition coefficient (Wildman–Crippen LogP) is 4.15. The van der Waals surface area contributed by atoms with Gasteiger partial charge >= 0.3 is 6.03 Å². The first-order valence-corrected chi connectivity index (χ1v) is 7.60. The third-order valence-electron chi connectivity index (χ3n) is 3.27. The van der Waals surface area contributed by atoms with E-state index in [0.717, 1.165) is 27.2 Å². The number of H-pyrrole nitrogens is 1. The van der Waals surface area contributed by atoms with Crippen LogP contribution in [-0.4, -0.2) is 17.1 Å². The van der Waals surface area contributed by atoms with E-state index < -0.39 is 0 Å². The second-order valence-electron chi connectivity index (χ2n) is 5.89. The number of carbonyl (C=O) groups excluding carboxylic acids is 1. The minimum Gasteiger partial charge on any atom is -0.357 e. The molecule has 4 nitrogen and oxygen atoms in total. The first kappa shape index (κ1) is 15.7. The van der Waals surface area contributed by atoms with Gasteiger partial charge < -0.3 is 15.6 Å². The van der Waals surface area contributed by atoms with Crippen LogP contribution in [0.1, 0.15) is 44.9 Å². The monoisotopic (exact) mass is 307 g/mol. The molecule has 2 aromatic rings. The van der Waals surface area contributed by atoms with Crippen molar-refractivity contribution in [2.45, 2.75) is 46.2 Å². The number of amides is 2. The summed E-state index contributed by atoms with van der Waals surface area (Å²) in [6.07, 6.45) is 0. The summed E-state index contributed by atoms with van der Waals surface area (Å²) in [6, 6.07) is 6.03. The fourth-order valence-electron chi connectivity index (χ4n) is 2.26. The van der Waals surface area contributed by atoms with Gasteiger partial charge in [-0.15, -0.1) is 0 Å². The number of benzene rings is 1. The van der Waals surface area contributed by atoms with Crippen molar-refractivity contribution in [1.29, 1.82) is 0 Å². The van der Waals surface area contributed by atoms with Gasteiger partial charge in [-0.25, -0.2) is 4.79 Å². The summed E-state index contributed by atoms with van der Waals surface area (Å²) >= 11 is 6.30. The minimum atomic E-state index is -0.162. The maximum Gasteiger partial charge on any atom is 0.315 e. The standard InChI is InChI=1S/C16H22ClN3O/c1-9(2)13-7-15-11(6-14(13)17)5-12(20-15)8-18-16(21)19-10(3)4/h5-7,9-10,20H,8H2,1-4H3,(H2,18,19,21). The van der Waals surface area contributed by atoms with E-state index in [0.29, 0.717) is 12.5 Å². The van der Waals surface area contributed by atoms with E-state index in [1.807, 2.05) is 26.0 Å². The van der Waals surface area contributed by atoms with E-state index in [9.17, 15) is 4.79 Å². The van der Waals surface area contributed by atoms with E-state index in [2.05, 4.69) is 35.5 Å². The van der Waals surface area contributed by atoms with Crippen molar-refractivity contribution in [2.24, 2.45) is 0 Å². The minimum absolute atomic E-state index is 0.125. The molecule has 0 fully saturated rings. The fourth-order valence-corrected chi connectivity index (χ4v) is 2.65. The van der Waals surface area contributed by atoms with Gasteiger partial charge in [-0.05, 0) is 43.5 Å². The van der Waals surface area contributed by atoms with Crippen LogP contribution < -0.4 is 10.6 Å². The Kier molecular flexibility index (Phi) is 4.78. The largest absolute Gasteiger partial charge is 0.357 e. The molecule has 0 bridgehead atoms. The molecule has 0 saturated heterocycles. The van der Waals surface area contributed by atoms with E-state index in [1.54, 1.807) is 0 Å². The molecule has 0 radical (unpaired) electrons. The Balaban J connectivity index is 2.14. The van der Waals surface area contributed by atoms with Gasteiger partial charge in [-0.1, -0.05) is 25.4 Å². The summed E-state index contributed by atoms with van der Waals surface area (Å²) in [5.74, 6) is 0.378. The Morgan fingerprint density at radius 2 is 1.95 bits per heavy atom. The van der Waals surface area contributed by atoms with Gasteiger partial charge in [-0.3, -0.25) is 0 Å². The van der Waals surface area contributed by atoms with Gasteiger partial charge in [0.2, 0.25) is 0 Å². The average Bonchev–Trinajstić information content (AvgIpc) is 2.76. The van der Waals surface area contributed by atoms with Crippen molar-refractivity contribution in [3.05, 3.63) is 34.5 Å². The first-order valence-electron chi connectivity index (χ1n) is 7.22. The van der Waals surface area contributed by atoms with Gasteiger partial charge in [0.1, 0.15) is 0 Å². The third-order valence-corrected chi connectivity index (χ3v) is 3.60. The van der Waals surface area contributed by atoms with Crippen LogP contribution in [0.4, 0.5) is 4.79 Å². The Morgan fingerprint density at radius 3 is 2.57 bits per heavy atom. The summed E-state index contributed by atoms with van der Waals surface area (Å²) in [4.78, 5) is 14.9. The molecule has 1 heterocycles. The molecule has 0 aliphatic rings.